The molecule has 0 aromatic heterocycles. The fourth-order valence-electron chi connectivity index (χ4n) is 2.31. The first kappa shape index (κ1) is 12.6. The maximum Gasteiger partial charge on any atom is 0.183 e. The first-order valence-corrected chi connectivity index (χ1v) is 9.94. The van der Waals surface area contributed by atoms with Crippen LogP contribution in [-0.2, 0) is 10.8 Å². The number of hydrogen-bond acceptors (Lipinski definition) is 2. The van der Waals surface area contributed by atoms with Crippen LogP contribution in [-0.4, -0.2) is 28.0 Å². The lowest BCUT2D eigenvalue weighted by atomic mass is 10.0. The molecule has 1 aliphatic heterocycles. The van der Waals surface area contributed by atoms with E-state index in [-0.39, 0.29) is 0 Å². The molecule has 2 nitrogen and oxygen atoms in total. The van der Waals surface area contributed by atoms with Gasteiger partial charge in [-0.15, -0.1) is 0 Å². The molecular formula is C14H23NOSi. The lowest BCUT2D eigenvalue weighted by Crippen LogP contribution is -2.35. The molecule has 0 saturated carbocycles. The minimum atomic E-state index is -1.36. The summed E-state index contributed by atoms with van der Waals surface area (Å²) in [5.41, 5.74) is 2.91. The van der Waals surface area contributed by atoms with E-state index < -0.39 is 8.32 Å². The van der Waals surface area contributed by atoms with E-state index in [2.05, 4.69) is 48.8 Å². The first-order valence-electron chi connectivity index (χ1n) is 6.53. The Kier molecular flexibility index (Phi) is 3.89. The van der Waals surface area contributed by atoms with Crippen molar-refractivity contribution in [3.63, 3.8) is 0 Å². The van der Waals surface area contributed by atoms with E-state index in [9.17, 15) is 0 Å². The fourth-order valence-corrected chi connectivity index (χ4v) is 3.01. The third kappa shape index (κ3) is 3.58. The number of benzene rings is 1. The molecule has 0 unspecified atom stereocenters. The Morgan fingerprint density at radius 1 is 1.24 bits per heavy atom. The lowest BCUT2D eigenvalue weighted by molar-refractivity contribution is 0.316. The van der Waals surface area contributed by atoms with Gasteiger partial charge in [-0.1, -0.05) is 18.2 Å². The summed E-state index contributed by atoms with van der Waals surface area (Å²) in [5.74, 6) is 0. The Bertz CT molecular complexity index is 373. The average Bonchev–Trinajstić information content (AvgIpc) is 2.28. The van der Waals surface area contributed by atoms with Crippen LogP contribution in [0.1, 0.15) is 12.0 Å². The van der Waals surface area contributed by atoms with Crippen molar-refractivity contribution < 1.29 is 4.43 Å². The van der Waals surface area contributed by atoms with Gasteiger partial charge < -0.3 is 9.33 Å². The molecule has 0 atom stereocenters. The van der Waals surface area contributed by atoms with Crippen LogP contribution >= 0.6 is 0 Å². The van der Waals surface area contributed by atoms with Gasteiger partial charge in [0, 0.05) is 18.8 Å². The molecule has 0 bridgehead atoms. The Labute approximate surface area is 106 Å². The van der Waals surface area contributed by atoms with Gasteiger partial charge in [0.1, 0.15) is 0 Å². The largest absolute Gasteiger partial charge is 0.416 e. The minimum Gasteiger partial charge on any atom is -0.416 e. The van der Waals surface area contributed by atoms with Crippen molar-refractivity contribution in [2.75, 3.05) is 24.6 Å². The van der Waals surface area contributed by atoms with Gasteiger partial charge in [0.25, 0.3) is 0 Å². The molecule has 17 heavy (non-hydrogen) atoms. The van der Waals surface area contributed by atoms with Crippen molar-refractivity contribution in [2.45, 2.75) is 32.5 Å². The van der Waals surface area contributed by atoms with E-state index in [4.69, 9.17) is 4.43 Å². The minimum absolute atomic E-state index is 0.865. The van der Waals surface area contributed by atoms with Crippen molar-refractivity contribution in [2.24, 2.45) is 0 Å². The Hall–Kier alpha value is -0.803. The molecule has 94 valence electrons. The highest BCUT2D eigenvalue weighted by Gasteiger charge is 2.18. The second kappa shape index (κ2) is 5.23. The highest BCUT2D eigenvalue weighted by Crippen LogP contribution is 2.26. The third-order valence-corrected chi connectivity index (χ3v) is 4.17. The predicted molar refractivity (Wildman–Crippen MR) is 76.3 cm³/mol. The van der Waals surface area contributed by atoms with Gasteiger partial charge >= 0.3 is 0 Å². The summed E-state index contributed by atoms with van der Waals surface area (Å²) in [6.07, 6.45) is 2.49. The van der Waals surface area contributed by atoms with Gasteiger partial charge in [0.05, 0.1) is 6.61 Å². The van der Waals surface area contributed by atoms with E-state index in [1.807, 2.05) is 0 Å². The molecular weight excluding hydrogens is 226 g/mol. The standard InChI is InChI=1S/C14H23NOSi/c1-17(2,3)16-12-11-15-10-6-8-13-7-4-5-9-14(13)15/h4-5,7,9H,6,8,10-12H2,1-3H3. The molecule has 1 aliphatic rings. The molecule has 0 aliphatic carbocycles. The van der Waals surface area contributed by atoms with Crippen LogP contribution in [0.2, 0.25) is 19.6 Å². The second-order valence-electron chi connectivity index (χ2n) is 5.68. The number of hydrogen-bond donors (Lipinski definition) is 0. The van der Waals surface area contributed by atoms with Crippen LogP contribution < -0.4 is 4.90 Å². The Morgan fingerprint density at radius 2 is 2.00 bits per heavy atom. The number of rotatable bonds is 4. The zero-order valence-electron chi connectivity index (χ0n) is 11.2. The van der Waals surface area contributed by atoms with Crippen molar-refractivity contribution in [1.82, 2.24) is 0 Å². The van der Waals surface area contributed by atoms with Gasteiger partial charge in [-0.2, -0.15) is 0 Å². The van der Waals surface area contributed by atoms with Crippen molar-refractivity contribution in [3.05, 3.63) is 29.8 Å². The summed E-state index contributed by atoms with van der Waals surface area (Å²) in [7, 11) is -1.36. The van der Waals surface area contributed by atoms with Crippen molar-refractivity contribution in [1.29, 1.82) is 0 Å². The van der Waals surface area contributed by atoms with Gasteiger partial charge in [0.15, 0.2) is 8.32 Å². The second-order valence-corrected chi connectivity index (χ2v) is 10.2. The van der Waals surface area contributed by atoms with Crippen LogP contribution in [0.15, 0.2) is 24.3 Å². The van der Waals surface area contributed by atoms with Crippen LogP contribution in [0.3, 0.4) is 0 Å². The Morgan fingerprint density at radius 3 is 2.76 bits per heavy atom. The number of nitrogens with zero attached hydrogens (tertiary/aromatic N) is 1. The highest BCUT2D eigenvalue weighted by molar-refractivity contribution is 6.69. The zero-order chi connectivity index (χ0) is 12.3. The molecule has 0 radical (unpaired) electrons. The quantitative estimate of drug-likeness (QED) is 0.759. The third-order valence-electron chi connectivity index (χ3n) is 3.10. The highest BCUT2D eigenvalue weighted by atomic mass is 28.4. The smallest absolute Gasteiger partial charge is 0.183 e. The van der Waals surface area contributed by atoms with Crippen molar-refractivity contribution in [3.8, 4) is 0 Å². The monoisotopic (exact) mass is 249 g/mol. The molecule has 1 aromatic carbocycles. The van der Waals surface area contributed by atoms with Gasteiger partial charge in [0.2, 0.25) is 0 Å². The van der Waals surface area contributed by atoms with E-state index >= 15 is 0 Å². The van der Waals surface area contributed by atoms with Crippen molar-refractivity contribution >= 4 is 14.0 Å². The fraction of sp³-hybridized carbons (Fsp3) is 0.571. The molecule has 0 saturated heterocycles. The summed E-state index contributed by atoms with van der Waals surface area (Å²) >= 11 is 0. The van der Waals surface area contributed by atoms with Crippen LogP contribution in [0.25, 0.3) is 0 Å². The molecule has 0 fully saturated rings. The number of para-hydroxylation sites is 1. The van der Waals surface area contributed by atoms with Gasteiger partial charge in [-0.3, -0.25) is 0 Å². The van der Waals surface area contributed by atoms with Gasteiger partial charge in [-0.25, -0.2) is 0 Å². The summed E-state index contributed by atoms with van der Waals surface area (Å²) in [6.45, 7) is 9.81. The van der Waals surface area contributed by atoms with E-state index in [1.165, 1.54) is 30.6 Å². The van der Waals surface area contributed by atoms with E-state index in [0.29, 0.717) is 0 Å². The average molecular weight is 249 g/mol. The summed E-state index contributed by atoms with van der Waals surface area (Å²) in [6, 6.07) is 8.77. The number of aryl methyl sites for hydroxylation is 1. The molecule has 3 heteroatoms. The molecule has 1 aromatic rings. The zero-order valence-corrected chi connectivity index (χ0v) is 12.2. The SMILES string of the molecule is C[Si](C)(C)OCCN1CCCc2ccccc21. The van der Waals surface area contributed by atoms with Crippen LogP contribution in [0.5, 0.6) is 0 Å². The van der Waals surface area contributed by atoms with Crippen LogP contribution in [0.4, 0.5) is 5.69 Å². The Balaban J connectivity index is 1.95. The van der Waals surface area contributed by atoms with Gasteiger partial charge in [-0.05, 0) is 44.1 Å². The number of anilines is 1. The lowest BCUT2D eigenvalue weighted by Gasteiger charge is -2.32. The predicted octanol–water partition coefficient (Wildman–Crippen LogP) is 3.29. The normalized spacial score (nSPS) is 15.8. The first-order chi connectivity index (χ1) is 8.06. The van der Waals surface area contributed by atoms with E-state index in [0.717, 1.165) is 13.2 Å². The van der Waals surface area contributed by atoms with Crippen LogP contribution in [0, 0.1) is 0 Å². The topological polar surface area (TPSA) is 12.5 Å². The number of fused-ring (bicyclic) bond motifs is 1. The molecule has 0 spiro atoms. The molecule has 1 heterocycles. The maximum absolute atomic E-state index is 5.94. The summed E-state index contributed by atoms with van der Waals surface area (Å²) in [4.78, 5) is 2.47. The summed E-state index contributed by atoms with van der Waals surface area (Å²) in [5, 5.41) is 0. The molecule has 0 amide bonds. The molecule has 0 N–H and O–H groups in total. The summed E-state index contributed by atoms with van der Waals surface area (Å²) < 4.78 is 5.94. The van der Waals surface area contributed by atoms with E-state index in [1.54, 1.807) is 0 Å². The maximum atomic E-state index is 5.94. The molecule has 2 rings (SSSR count).